The van der Waals surface area contributed by atoms with Gasteiger partial charge in [0.25, 0.3) is 5.91 Å². The summed E-state index contributed by atoms with van der Waals surface area (Å²) in [6.07, 6.45) is 6.96. The summed E-state index contributed by atoms with van der Waals surface area (Å²) in [6, 6.07) is 1.92. The number of carbonyl (C=O) groups is 1. The minimum Gasteiger partial charge on any atom is -0.467 e. The van der Waals surface area contributed by atoms with Crippen LogP contribution in [0, 0.1) is 0 Å². The van der Waals surface area contributed by atoms with E-state index in [1.54, 1.807) is 27.6 Å². The molecule has 0 bridgehead atoms. The zero-order chi connectivity index (χ0) is 13.4. The molecule has 0 spiro atoms. The van der Waals surface area contributed by atoms with Crippen molar-refractivity contribution in [2.24, 2.45) is 5.84 Å². The molecule has 0 atom stereocenters. The van der Waals surface area contributed by atoms with E-state index in [9.17, 15) is 9.59 Å². The topological polar surface area (TPSA) is 95.2 Å². The molecule has 1 aliphatic rings. The van der Waals surface area contributed by atoms with Gasteiger partial charge in [-0.2, -0.15) is 0 Å². The van der Waals surface area contributed by atoms with Crippen LogP contribution in [0.2, 0.25) is 0 Å². The number of nitrogen functional groups attached to an aromatic ring is 1. The van der Waals surface area contributed by atoms with E-state index in [4.69, 9.17) is 10.3 Å². The SMILES string of the molecule is NNC(=O)c1coc(Cn2ccn(C3CC3)c2=O)c1. The van der Waals surface area contributed by atoms with E-state index in [1.807, 2.05) is 5.43 Å². The minimum absolute atomic E-state index is 0.0521. The third-order valence-corrected chi connectivity index (χ3v) is 3.19. The fraction of sp³-hybridized carbons (Fsp3) is 0.333. The van der Waals surface area contributed by atoms with Gasteiger partial charge in [0.05, 0.1) is 12.1 Å². The molecular weight excluding hydrogens is 248 g/mol. The Balaban J connectivity index is 1.79. The highest BCUT2D eigenvalue weighted by Crippen LogP contribution is 2.33. The summed E-state index contributed by atoms with van der Waals surface area (Å²) in [5, 5.41) is 0. The molecule has 0 unspecified atom stereocenters. The zero-order valence-corrected chi connectivity index (χ0v) is 10.2. The zero-order valence-electron chi connectivity index (χ0n) is 10.2. The van der Waals surface area contributed by atoms with Crippen LogP contribution in [-0.4, -0.2) is 15.0 Å². The van der Waals surface area contributed by atoms with E-state index >= 15 is 0 Å². The Kier molecular flexibility index (Phi) is 2.75. The second kappa shape index (κ2) is 4.43. The lowest BCUT2D eigenvalue weighted by Crippen LogP contribution is -2.29. The first-order valence-corrected chi connectivity index (χ1v) is 6.04. The predicted octanol–water partition coefficient (Wildman–Crippen LogP) is 0.229. The van der Waals surface area contributed by atoms with E-state index in [2.05, 4.69) is 0 Å². The molecule has 3 N–H and O–H groups in total. The van der Waals surface area contributed by atoms with Crippen molar-refractivity contribution in [1.29, 1.82) is 0 Å². The first kappa shape index (κ1) is 11.8. The Morgan fingerprint density at radius 3 is 2.95 bits per heavy atom. The lowest BCUT2D eigenvalue weighted by molar-refractivity contribution is 0.0953. The summed E-state index contributed by atoms with van der Waals surface area (Å²) >= 11 is 0. The largest absolute Gasteiger partial charge is 0.467 e. The highest BCUT2D eigenvalue weighted by atomic mass is 16.3. The number of hydrogen-bond donors (Lipinski definition) is 2. The van der Waals surface area contributed by atoms with E-state index in [0.717, 1.165) is 12.8 Å². The molecule has 2 aromatic rings. The van der Waals surface area contributed by atoms with Gasteiger partial charge in [-0.05, 0) is 18.9 Å². The Morgan fingerprint density at radius 1 is 1.47 bits per heavy atom. The number of amides is 1. The molecule has 0 aromatic carbocycles. The maximum atomic E-state index is 12.0. The number of nitrogens with zero attached hydrogens (tertiary/aromatic N) is 2. The van der Waals surface area contributed by atoms with Gasteiger partial charge in [-0.25, -0.2) is 10.6 Å². The van der Waals surface area contributed by atoms with Crippen LogP contribution in [0.15, 0.2) is 33.9 Å². The van der Waals surface area contributed by atoms with Crippen LogP contribution in [0.5, 0.6) is 0 Å². The van der Waals surface area contributed by atoms with Gasteiger partial charge in [-0.15, -0.1) is 0 Å². The van der Waals surface area contributed by atoms with Gasteiger partial charge in [0.1, 0.15) is 12.0 Å². The molecule has 7 nitrogen and oxygen atoms in total. The van der Waals surface area contributed by atoms with Gasteiger partial charge >= 0.3 is 5.69 Å². The molecule has 3 rings (SSSR count). The smallest absolute Gasteiger partial charge is 0.328 e. The summed E-state index contributed by atoms with van der Waals surface area (Å²) < 4.78 is 8.54. The standard InChI is InChI=1S/C12H14N4O3/c13-14-11(17)8-5-10(19-7-8)6-15-3-4-16(12(15)18)9-1-2-9/h3-5,7,9H,1-2,6,13H2,(H,14,17). The van der Waals surface area contributed by atoms with Crippen LogP contribution in [-0.2, 0) is 6.54 Å². The van der Waals surface area contributed by atoms with Crippen molar-refractivity contribution >= 4 is 5.91 Å². The molecule has 0 saturated heterocycles. The normalized spacial score (nSPS) is 14.6. The third kappa shape index (κ3) is 2.19. The van der Waals surface area contributed by atoms with E-state index in [-0.39, 0.29) is 5.69 Å². The van der Waals surface area contributed by atoms with Crippen LogP contribution in [0.25, 0.3) is 0 Å². The van der Waals surface area contributed by atoms with Crippen LogP contribution >= 0.6 is 0 Å². The number of furan rings is 1. The number of nitrogens with one attached hydrogen (secondary N) is 1. The fourth-order valence-electron chi connectivity index (χ4n) is 2.01. The molecule has 1 fully saturated rings. The number of hydrogen-bond acceptors (Lipinski definition) is 4. The van der Waals surface area contributed by atoms with Crippen LogP contribution in [0.1, 0.15) is 35.0 Å². The Morgan fingerprint density at radius 2 is 2.26 bits per heavy atom. The Hall–Kier alpha value is -2.28. The maximum absolute atomic E-state index is 12.0. The summed E-state index contributed by atoms with van der Waals surface area (Å²) in [5.74, 6) is 5.15. The monoisotopic (exact) mass is 262 g/mol. The quantitative estimate of drug-likeness (QED) is 0.468. The minimum atomic E-state index is -0.419. The van der Waals surface area contributed by atoms with Crippen LogP contribution < -0.4 is 17.0 Å². The molecule has 7 heteroatoms. The van der Waals surface area contributed by atoms with Crippen molar-refractivity contribution in [3.05, 3.63) is 46.5 Å². The highest BCUT2D eigenvalue weighted by Gasteiger charge is 2.25. The van der Waals surface area contributed by atoms with Crippen molar-refractivity contribution in [3.63, 3.8) is 0 Å². The van der Waals surface area contributed by atoms with E-state index in [0.29, 0.717) is 23.9 Å². The average Bonchev–Trinajstić information content (AvgIpc) is 3.04. The summed E-state index contributed by atoms with van der Waals surface area (Å²) in [4.78, 5) is 23.3. The second-order valence-corrected chi connectivity index (χ2v) is 4.62. The molecule has 0 radical (unpaired) electrons. The van der Waals surface area contributed by atoms with Gasteiger partial charge < -0.3 is 4.42 Å². The van der Waals surface area contributed by atoms with Crippen LogP contribution in [0.3, 0.4) is 0 Å². The first-order chi connectivity index (χ1) is 9.19. The van der Waals surface area contributed by atoms with Gasteiger partial charge in [0.2, 0.25) is 0 Å². The van der Waals surface area contributed by atoms with Gasteiger partial charge in [0.15, 0.2) is 0 Å². The third-order valence-electron chi connectivity index (χ3n) is 3.19. The highest BCUT2D eigenvalue weighted by molar-refractivity contribution is 5.93. The summed E-state index contributed by atoms with van der Waals surface area (Å²) in [7, 11) is 0. The summed E-state index contributed by atoms with van der Waals surface area (Å²) in [6.45, 7) is 0.302. The van der Waals surface area contributed by atoms with Crippen molar-refractivity contribution in [3.8, 4) is 0 Å². The number of hydrazine groups is 1. The molecule has 1 saturated carbocycles. The number of imidazole rings is 1. The average molecular weight is 262 g/mol. The predicted molar refractivity (Wildman–Crippen MR) is 66.4 cm³/mol. The molecule has 100 valence electrons. The molecule has 2 heterocycles. The number of carbonyl (C=O) groups excluding carboxylic acids is 1. The molecule has 19 heavy (non-hydrogen) atoms. The maximum Gasteiger partial charge on any atom is 0.328 e. The Bertz CT molecular complexity index is 663. The number of nitrogens with two attached hydrogens (primary N) is 1. The number of rotatable bonds is 4. The first-order valence-electron chi connectivity index (χ1n) is 6.04. The number of aromatic nitrogens is 2. The van der Waals surface area contributed by atoms with Crippen molar-refractivity contribution in [2.45, 2.75) is 25.4 Å². The fourth-order valence-corrected chi connectivity index (χ4v) is 2.01. The second-order valence-electron chi connectivity index (χ2n) is 4.62. The molecule has 1 amide bonds. The molecule has 0 aliphatic heterocycles. The molecule has 1 aliphatic carbocycles. The molecule has 2 aromatic heterocycles. The lowest BCUT2D eigenvalue weighted by atomic mass is 10.3. The van der Waals surface area contributed by atoms with E-state index in [1.165, 1.54) is 6.26 Å². The van der Waals surface area contributed by atoms with E-state index < -0.39 is 5.91 Å². The van der Waals surface area contributed by atoms with Gasteiger partial charge in [0, 0.05) is 18.4 Å². The molecular formula is C12H14N4O3. The Labute approximate surface area is 108 Å². The summed E-state index contributed by atoms with van der Waals surface area (Å²) in [5.41, 5.74) is 2.31. The van der Waals surface area contributed by atoms with Gasteiger partial charge in [-0.1, -0.05) is 0 Å². The van der Waals surface area contributed by atoms with Crippen molar-refractivity contribution in [2.75, 3.05) is 0 Å². The van der Waals surface area contributed by atoms with Crippen molar-refractivity contribution < 1.29 is 9.21 Å². The van der Waals surface area contributed by atoms with Crippen molar-refractivity contribution in [1.82, 2.24) is 14.6 Å². The lowest BCUT2D eigenvalue weighted by Gasteiger charge is -1.98. The van der Waals surface area contributed by atoms with Gasteiger partial charge in [-0.3, -0.25) is 19.4 Å². The van der Waals surface area contributed by atoms with Crippen LogP contribution in [0.4, 0.5) is 0 Å².